The highest BCUT2D eigenvalue weighted by molar-refractivity contribution is 7.13. The molecule has 2 aromatic heterocycles. The Hall–Kier alpha value is -2.94. The van der Waals surface area contributed by atoms with Crippen LogP contribution in [-0.2, 0) is 4.79 Å². The number of rotatable bonds is 6. The van der Waals surface area contributed by atoms with Crippen molar-refractivity contribution in [2.24, 2.45) is 5.92 Å². The molecule has 1 aromatic carbocycles. The molecule has 0 unspecified atom stereocenters. The molecule has 158 valence electrons. The Morgan fingerprint density at radius 3 is 2.83 bits per heavy atom. The number of aromatic amines is 1. The quantitative estimate of drug-likeness (QED) is 0.627. The SMILES string of the molecule is COc1ccc2[nH]c(=O)n([C@@H](CC3CCCCC3)C(=O)Nc3nccs3)c(=O)c2c1. The lowest BCUT2D eigenvalue weighted by Gasteiger charge is -2.26. The predicted molar refractivity (Wildman–Crippen MR) is 116 cm³/mol. The van der Waals surface area contributed by atoms with Gasteiger partial charge in [-0.25, -0.2) is 14.3 Å². The zero-order valence-corrected chi connectivity index (χ0v) is 17.5. The minimum atomic E-state index is -0.913. The number of hydrogen-bond acceptors (Lipinski definition) is 6. The molecule has 0 bridgehead atoms. The molecular formula is C21H24N4O4S. The Bertz CT molecular complexity index is 1150. The number of ether oxygens (including phenoxy) is 1. The number of amides is 1. The molecule has 1 aliphatic rings. The second kappa shape index (κ2) is 8.83. The van der Waals surface area contributed by atoms with Crippen LogP contribution in [0.4, 0.5) is 5.13 Å². The number of hydrogen-bond donors (Lipinski definition) is 2. The Morgan fingerprint density at radius 1 is 1.33 bits per heavy atom. The number of carbonyl (C=O) groups is 1. The van der Waals surface area contributed by atoms with E-state index in [4.69, 9.17) is 4.74 Å². The molecule has 1 fully saturated rings. The average Bonchev–Trinajstić information content (AvgIpc) is 3.26. The molecule has 2 N–H and O–H groups in total. The molecule has 1 aliphatic carbocycles. The number of carbonyl (C=O) groups excluding carboxylic acids is 1. The zero-order valence-electron chi connectivity index (χ0n) is 16.7. The van der Waals surface area contributed by atoms with Crippen molar-refractivity contribution in [3.05, 3.63) is 50.6 Å². The van der Waals surface area contributed by atoms with Crippen LogP contribution in [0.1, 0.15) is 44.6 Å². The van der Waals surface area contributed by atoms with Crippen LogP contribution in [0.2, 0.25) is 0 Å². The van der Waals surface area contributed by atoms with E-state index >= 15 is 0 Å². The smallest absolute Gasteiger partial charge is 0.329 e. The summed E-state index contributed by atoms with van der Waals surface area (Å²) >= 11 is 1.29. The molecule has 8 nitrogen and oxygen atoms in total. The third-order valence-corrected chi connectivity index (χ3v) is 6.38. The molecule has 0 radical (unpaired) electrons. The van der Waals surface area contributed by atoms with Crippen LogP contribution in [-0.4, -0.2) is 27.6 Å². The second-order valence-electron chi connectivity index (χ2n) is 7.60. The fraction of sp³-hybridized carbons (Fsp3) is 0.429. The van der Waals surface area contributed by atoms with Crippen molar-refractivity contribution in [2.45, 2.75) is 44.6 Å². The molecule has 1 saturated carbocycles. The highest BCUT2D eigenvalue weighted by Crippen LogP contribution is 2.31. The number of aromatic nitrogens is 3. The summed E-state index contributed by atoms with van der Waals surface area (Å²) in [7, 11) is 1.51. The monoisotopic (exact) mass is 428 g/mol. The number of H-pyrrole nitrogens is 1. The predicted octanol–water partition coefficient (Wildman–Crippen LogP) is 3.31. The number of thiazole rings is 1. The standard InChI is InChI=1S/C21H24N4O4S/c1-29-14-7-8-16-15(12-14)19(27)25(21(28)23-16)17(11-13-5-3-2-4-6-13)18(26)24-20-22-9-10-30-20/h7-10,12-13,17H,2-6,11H2,1H3,(H,23,28)(H,22,24,26)/t17-/m0/s1. The van der Waals surface area contributed by atoms with Crippen molar-refractivity contribution >= 4 is 33.3 Å². The fourth-order valence-corrected chi connectivity index (χ4v) is 4.69. The van der Waals surface area contributed by atoms with Crippen LogP contribution in [0.3, 0.4) is 0 Å². The average molecular weight is 429 g/mol. The van der Waals surface area contributed by atoms with Crippen LogP contribution in [0.25, 0.3) is 10.9 Å². The molecule has 1 amide bonds. The van der Waals surface area contributed by atoms with Crippen LogP contribution < -0.4 is 21.3 Å². The summed E-state index contributed by atoms with van der Waals surface area (Å²) in [6.45, 7) is 0. The maximum absolute atomic E-state index is 13.3. The van der Waals surface area contributed by atoms with E-state index in [0.717, 1.165) is 30.3 Å². The molecule has 0 spiro atoms. The summed E-state index contributed by atoms with van der Waals surface area (Å²) in [5.41, 5.74) is -0.672. The first-order valence-electron chi connectivity index (χ1n) is 10.1. The Labute approximate surface area is 176 Å². The van der Waals surface area contributed by atoms with Gasteiger partial charge in [0.2, 0.25) is 5.91 Å². The minimum Gasteiger partial charge on any atom is -0.497 e. The highest BCUT2D eigenvalue weighted by atomic mass is 32.1. The van der Waals surface area contributed by atoms with Gasteiger partial charge in [-0.2, -0.15) is 0 Å². The van der Waals surface area contributed by atoms with Crippen molar-refractivity contribution in [3.63, 3.8) is 0 Å². The van der Waals surface area contributed by atoms with Gasteiger partial charge in [0.25, 0.3) is 5.56 Å². The van der Waals surface area contributed by atoms with E-state index in [9.17, 15) is 14.4 Å². The second-order valence-corrected chi connectivity index (χ2v) is 8.49. The van der Waals surface area contributed by atoms with Crippen LogP contribution in [0.15, 0.2) is 39.4 Å². The van der Waals surface area contributed by atoms with Gasteiger partial charge in [-0.3, -0.25) is 9.59 Å². The van der Waals surface area contributed by atoms with Crippen molar-refractivity contribution < 1.29 is 9.53 Å². The fourth-order valence-electron chi connectivity index (χ4n) is 4.16. The Morgan fingerprint density at radius 2 is 2.13 bits per heavy atom. The summed E-state index contributed by atoms with van der Waals surface area (Å²) in [4.78, 5) is 46.2. The van der Waals surface area contributed by atoms with Gasteiger partial charge >= 0.3 is 5.69 Å². The maximum atomic E-state index is 13.3. The lowest BCUT2D eigenvalue weighted by molar-refractivity contribution is -0.120. The maximum Gasteiger partial charge on any atom is 0.329 e. The minimum absolute atomic E-state index is 0.290. The lowest BCUT2D eigenvalue weighted by atomic mass is 9.84. The number of nitrogens with zero attached hydrogens (tertiary/aromatic N) is 2. The van der Waals surface area contributed by atoms with E-state index in [1.165, 1.54) is 24.9 Å². The number of anilines is 1. The summed E-state index contributed by atoms with van der Waals surface area (Å²) in [6, 6.07) is 3.98. The first-order valence-corrected chi connectivity index (χ1v) is 11.0. The van der Waals surface area contributed by atoms with Crippen molar-refractivity contribution in [1.82, 2.24) is 14.5 Å². The first-order chi connectivity index (χ1) is 14.6. The lowest BCUT2D eigenvalue weighted by Crippen LogP contribution is -2.43. The number of nitrogens with one attached hydrogen (secondary N) is 2. The normalized spacial score (nSPS) is 15.8. The third-order valence-electron chi connectivity index (χ3n) is 5.69. The van der Waals surface area contributed by atoms with Gasteiger partial charge < -0.3 is 15.0 Å². The molecule has 2 heterocycles. The third kappa shape index (κ3) is 4.16. The summed E-state index contributed by atoms with van der Waals surface area (Å²) in [5, 5.41) is 5.28. The molecule has 0 aliphatic heterocycles. The van der Waals surface area contributed by atoms with Gasteiger partial charge in [0.05, 0.1) is 18.0 Å². The number of methoxy groups -OCH3 is 1. The molecular weight excluding hydrogens is 404 g/mol. The molecule has 3 aromatic rings. The Kier molecular flexibility index (Phi) is 5.98. The van der Waals surface area contributed by atoms with Crippen LogP contribution in [0.5, 0.6) is 5.75 Å². The van der Waals surface area contributed by atoms with Gasteiger partial charge in [-0.1, -0.05) is 32.1 Å². The van der Waals surface area contributed by atoms with E-state index in [2.05, 4.69) is 15.3 Å². The van der Waals surface area contributed by atoms with E-state index < -0.39 is 23.2 Å². The van der Waals surface area contributed by atoms with Crippen LogP contribution >= 0.6 is 11.3 Å². The van der Waals surface area contributed by atoms with E-state index in [1.54, 1.807) is 29.8 Å². The van der Waals surface area contributed by atoms with Gasteiger partial charge in [-0.15, -0.1) is 11.3 Å². The zero-order chi connectivity index (χ0) is 21.1. The highest BCUT2D eigenvalue weighted by Gasteiger charge is 2.29. The van der Waals surface area contributed by atoms with Crippen molar-refractivity contribution in [1.29, 1.82) is 0 Å². The summed E-state index contributed by atoms with van der Waals surface area (Å²) < 4.78 is 6.28. The largest absolute Gasteiger partial charge is 0.497 e. The Balaban J connectivity index is 1.78. The van der Waals surface area contributed by atoms with Gasteiger partial charge in [0.1, 0.15) is 11.8 Å². The number of fused-ring (bicyclic) bond motifs is 1. The molecule has 0 saturated heterocycles. The molecule has 30 heavy (non-hydrogen) atoms. The van der Waals surface area contributed by atoms with Crippen LogP contribution in [0, 0.1) is 5.92 Å². The van der Waals surface area contributed by atoms with Gasteiger partial charge in [0, 0.05) is 11.6 Å². The molecule has 4 rings (SSSR count). The van der Waals surface area contributed by atoms with Gasteiger partial charge in [0.15, 0.2) is 5.13 Å². The summed E-state index contributed by atoms with van der Waals surface area (Å²) in [6.07, 6.45) is 7.41. The van der Waals surface area contributed by atoms with Crippen molar-refractivity contribution in [2.75, 3.05) is 12.4 Å². The van der Waals surface area contributed by atoms with E-state index in [-0.39, 0.29) is 5.92 Å². The van der Waals surface area contributed by atoms with Gasteiger partial charge in [-0.05, 0) is 30.5 Å². The molecule has 9 heteroatoms. The number of benzene rings is 1. The molecule has 1 atom stereocenters. The first kappa shape index (κ1) is 20.3. The summed E-state index contributed by atoms with van der Waals surface area (Å²) in [5.74, 6) is 0.401. The van der Waals surface area contributed by atoms with E-state index in [0.29, 0.717) is 28.2 Å². The van der Waals surface area contributed by atoms with Crippen molar-refractivity contribution in [3.8, 4) is 5.75 Å². The topological polar surface area (TPSA) is 106 Å². The van der Waals surface area contributed by atoms with E-state index in [1.807, 2.05) is 0 Å².